The molecule has 1 aromatic carbocycles. The molecule has 0 aliphatic rings. The molecule has 0 amide bonds. The van der Waals surface area contributed by atoms with E-state index < -0.39 is 26.6 Å². The number of hydrogen-bond donors (Lipinski definition) is 2. The summed E-state index contributed by atoms with van der Waals surface area (Å²) in [6.45, 7) is 0.582. The largest absolute Gasteiger partial charge is 0.399 e. The van der Waals surface area contributed by atoms with Gasteiger partial charge in [-0.2, -0.15) is 0 Å². The maximum absolute atomic E-state index is 13.6. The highest BCUT2D eigenvalue weighted by Crippen LogP contribution is 2.21. The second kappa shape index (κ2) is 6.19. The average Bonchev–Trinajstić information content (AvgIpc) is 2.86. The molecule has 3 N–H and O–H groups in total. The number of aryl methyl sites for hydroxylation is 1. The Balaban J connectivity index is 2.02. The number of rotatable bonds is 6. The maximum Gasteiger partial charge on any atom is 0.246 e. The quantitative estimate of drug-likeness (QED) is 0.617. The third-order valence-corrected chi connectivity index (χ3v) is 4.25. The average molecular weight is 316 g/mol. The van der Waals surface area contributed by atoms with Gasteiger partial charge in [0.2, 0.25) is 10.0 Å². The van der Waals surface area contributed by atoms with Gasteiger partial charge in [-0.05, 0) is 18.6 Å². The second-order valence-electron chi connectivity index (χ2n) is 4.37. The fourth-order valence-corrected chi connectivity index (χ4v) is 2.98. The minimum Gasteiger partial charge on any atom is -0.399 e. The minimum absolute atomic E-state index is 0.0454. The van der Waals surface area contributed by atoms with Crippen molar-refractivity contribution in [3.63, 3.8) is 0 Å². The molecule has 2 aromatic rings. The van der Waals surface area contributed by atoms with Gasteiger partial charge in [-0.3, -0.25) is 0 Å². The SMILES string of the molecule is Nc1cc(F)c(S(=O)(=O)NCCCn2ccnc2)c(F)c1. The first kappa shape index (κ1) is 15.4. The van der Waals surface area contributed by atoms with E-state index in [1.807, 2.05) is 0 Å². The summed E-state index contributed by atoms with van der Waals surface area (Å²) in [6.07, 6.45) is 5.37. The minimum atomic E-state index is -4.26. The van der Waals surface area contributed by atoms with Gasteiger partial charge >= 0.3 is 0 Å². The van der Waals surface area contributed by atoms with E-state index in [4.69, 9.17) is 5.73 Å². The van der Waals surface area contributed by atoms with E-state index in [1.165, 1.54) is 0 Å². The topological polar surface area (TPSA) is 90.0 Å². The van der Waals surface area contributed by atoms with Crippen LogP contribution in [0.4, 0.5) is 14.5 Å². The predicted octanol–water partition coefficient (Wildman–Crippen LogP) is 1.11. The molecule has 114 valence electrons. The Morgan fingerprint density at radius 1 is 1.29 bits per heavy atom. The zero-order chi connectivity index (χ0) is 15.5. The summed E-state index contributed by atoms with van der Waals surface area (Å²) in [5.41, 5.74) is 5.07. The zero-order valence-electron chi connectivity index (χ0n) is 11.0. The van der Waals surface area contributed by atoms with Crippen LogP contribution < -0.4 is 10.5 Å². The second-order valence-corrected chi connectivity index (χ2v) is 6.07. The third kappa shape index (κ3) is 3.76. The molecule has 9 heteroatoms. The Morgan fingerprint density at radius 3 is 2.52 bits per heavy atom. The molecule has 0 unspecified atom stereocenters. The Labute approximate surface area is 120 Å². The van der Waals surface area contributed by atoms with Crippen LogP contribution in [0, 0.1) is 11.6 Å². The number of nitrogens with one attached hydrogen (secondary N) is 1. The van der Waals surface area contributed by atoms with Crippen molar-refractivity contribution in [3.05, 3.63) is 42.5 Å². The van der Waals surface area contributed by atoms with Crippen LogP contribution in [0.25, 0.3) is 0 Å². The lowest BCUT2D eigenvalue weighted by Crippen LogP contribution is -2.27. The summed E-state index contributed by atoms with van der Waals surface area (Å²) >= 11 is 0. The third-order valence-electron chi connectivity index (χ3n) is 2.73. The van der Waals surface area contributed by atoms with Crippen molar-refractivity contribution in [3.8, 4) is 0 Å². The molecule has 0 aliphatic heterocycles. The van der Waals surface area contributed by atoms with Crippen molar-refractivity contribution in [2.75, 3.05) is 12.3 Å². The molecule has 6 nitrogen and oxygen atoms in total. The molecule has 0 aliphatic carbocycles. The van der Waals surface area contributed by atoms with Gasteiger partial charge in [0.1, 0.15) is 11.6 Å². The van der Waals surface area contributed by atoms with Crippen molar-refractivity contribution >= 4 is 15.7 Å². The van der Waals surface area contributed by atoms with Crippen LogP contribution in [0.2, 0.25) is 0 Å². The van der Waals surface area contributed by atoms with Gasteiger partial charge in [-0.15, -0.1) is 0 Å². The first-order valence-corrected chi connectivity index (χ1v) is 7.58. The highest BCUT2D eigenvalue weighted by molar-refractivity contribution is 7.89. The van der Waals surface area contributed by atoms with Crippen molar-refractivity contribution in [2.24, 2.45) is 0 Å². The summed E-state index contributed by atoms with van der Waals surface area (Å²) in [5.74, 6) is -2.43. The lowest BCUT2D eigenvalue weighted by atomic mass is 10.3. The Hall–Kier alpha value is -2.00. The number of nitrogens with zero attached hydrogens (tertiary/aromatic N) is 2. The highest BCUT2D eigenvalue weighted by atomic mass is 32.2. The number of halogens is 2. The fraction of sp³-hybridized carbons (Fsp3) is 0.250. The summed E-state index contributed by atoms with van der Waals surface area (Å²) < 4.78 is 54.9. The van der Waals surface area contributed by atoms with Gasteiger partial charge in [-0.1, -0.05) is 0 Å². The molecule has 0 radical (unpaired) electrons. The van der Waals surface area contributed by atoms with E-state index in [9.17, 15) is 17.2 Å². The van der Waals surface area contributed by atoms with Crippen LogP contribution in [0.3, 0.4) is 0 Å². The van der Waals surface area contributed by atoms with Crippen LogP contribution in [0.15, 0.2) is 35.7 Å². The standard InChI is InChI=1S/C12H14F2N4O2S/c13-10-6-9(15)7-11(14)12(10)21(19,20)17-2-1-4-18-5-3-16-8-18/h3,5-8,17H,1-2,4,15H2. The molecular formula is C12H14F2N4O2S. The number of nitrogen functional groups attached to an aromatic ring is 1. The molecular weight excluding hydrogens is 302 g/mol. The first-order valence-electron chi connectivity index (χ1n) is 6.10. The molecule has 0 saturated carbocycles. The summed E-state index contributed by atoms with van der Waals surface area (Å²) in [5, 5.41) is 0. The van der Waals surface area contributed by atoms with E-state index in [2.05, 4.69) is 9.71 Å². The van der Waals surface area contributed by atoms with E-state index >= 15 is 0 Å². The Bertz CT molecular complexity index is 694. The van der Waals surface area contributed by atoms with Gasteiger partial charge in [0.25, 0.3) is 0 Å². The van der Waals surface area contributed by atoms with Gasteiger partial charge in [0, 0.05) is 31.2 Å². The molecule has 2 rings (SSSR count). The zero-order valence-corrected chi connectivity index (χ0v) is 11.8. The van der Waals surface area contributed by atoms with Crippen LogP contribution in [0.5, 0.6) is 0 Å². The molecule has 21 heavy (non-hydrogen) atoms. The van der Waals surface area contributed by atoms with Gasteiger partial charge in [0.05, 0.1) is 6.33 Å². The number of hydrogen-bond acceptors (Lipinski definition) is 4. The van der Waals surface area contributed by atoms with Crippen molar-refractivity contribution < 1.29 is 17.2 Å². The van der Waals surface area contributed by atoms with Crippen molar-refractivity contribution in [1.29, 1.82) is 0 Å². The summed E-state index contributed by atoms with van der Waals surface area (Å²) in [6, 6.07) is 1.53. The molecule has 0 bridgehead atoms. The Kier molecular flexibility index (Phi) is 4.53. The van der Waals surface area contributed by atoms with E-state index in [1.54, 1.807) is 23.3 Å². The predicted molar refractivity (Wildman–Crippen MR) is 72.8 cm³/mol. The van der Waals surface area contributed by atoms with Crippen molar-refractivity contribution in [2.45, 2.75) is 17.9 Å². The molecule has 1 heterocycles. The van der Waals surface area contributed by atoms with Gasteiger partial charge < -0.3 is 10.3 Å². The number of anilines is 1. The van der Waals surface area contributed by atoms with Crippen LogP contribution >= 0.6 is 0 Å². The summed E-state index contributed by atoms with van der Waals surface area (Å²) in [4.78, 5) is 2.83. The molecule has 0 spiro atoms. The lowest BCUT2D eigenvalue weighted by molar-refractivity contribution is 0.512. The highest BCUT2D eigenvalue weighted by Gasteiger charge is 2.24. The first-order chi connectivity index (χ1) is 9.90. The van der Waals surface area contributed by atoms with E-state index in [0.29, 0.717) is 13.0 Å². The van der Waals surface area contributed by atoms with Crippen LogP contribution in [-0.4, -0.2) is 24.5 Å². The van der Waals surface area contributed by atoms with Crippen LogP contribution in [-0.2, 0) is 16.6 Å². The normalized spacial score (nSPS) is 11.7. The Morgan fingerprint density at radius 2 is 1.95 bits per heavy atom. The smallest absolute Gasteiger partial charge is 0.246 e. The van der Waals surface area contributed by atoms with Crippen LogP contribution in [0.1, 0.15) is 6.42 Å². The number of imidazole rings is 1. The van der Waals surface area contributed by atoms with Crippen molar-refractivity contribution in [1.82, 2.24) is 14.3 Å². The number of aromatic nitrogens is 2. The maximum atomic E-state index is 13.6. The number of sulfonamides is 1. The molecule has 1 aromatic heterocycles. The fourth-order valence-electron chi connectivity index (χ4n) is 1.80. The summed E-state index contributed by atoms with van der Waals surface area (Å²) in [7, 11) is -4.26. The van der Waals surface area contributed by atoms with E-state index in [0.717, 1.165) is 12.1 Å². The lowest BCUT2D eigenvalue weighted by Gasteiger charge is -2.09. The van der Waals surface area contributed by atoms with Gasteiger partial charge in [-0.25, -0.2) is 26.9 Å². The molecule has 0 saturated heterocycles. The monoisotopic (exact) mass is 316 g/mol. The molecule has 0 atom stereocenters. The number of nitrogens with two attached hydrogens (primary N) is 1. The van der Waals surface area contributed by atoms with Gasteiger partial charge in [0.15, 0.2) is 4.90 Å². The number of benzene rings is 1. The molecule has 0 fully saturated rings. The van der Waals surface area contributed by atoms with E-state index in [-0.39, 0.29) is 12.2 Å².